The van der Waals surface area contributed by atoms with E-state index in [1.165, 1.54) is 12.8 Å². The van der Waals surface area contributed by atoms with Crippen molar-refractivity contribution in [2.75, 3.05) is 13.2 Å². The molecule has 1 aromatic heterocycles. The van der Waals surface area contributed by atoms with Gasteiger partial charge < -0.3 is 10.1 Å². The molecule has 0 spiro atoms. The van der Waals surface area contributed by atoms with Crippen LogP contribution in [0.15, 0.2) is 18.3 Å². The maximum absolute atomic E-state index is 5.45. The van der Waals surface area contributed by atoms with Gasteiger partial charge in [0.05, 0.1) is 0 Å². The number of ether oxygens (including phenoxy) is 1. The molecule has 2 heterocycles. The van der Waals surface area contributed by atoms with Crippen molar-refractivity contribution < 1.29 is 4.74 Å². The van der Waals surface area contributed by atoms with Crippen LogP contribution in [0.5, 0.6) is 5.88 Å². The molecule has 0 aliphatic carbocycles. The van der Waals surface area contributed by atoms with Crippen molar-refractivity contribution in [3.8, 4) is 5.88 Å². The fourth-order valence-electron chi connectivity index (χ4n) is 1.45. The van der Waals surface area contributed by atoms with E-state index >= 15 is 0 Å². The van der Waals surface area contributed by atoms with Crippen LogP contribution < -0.4 is 10.1 Å². The van der Waals surface area contributed by atoms with E-state index in [0.717, 1.165) is 6.54 Å². The summed E-state index contributed by atoms with van der Waals surface area (Å²) >= 11 is 0. The summed E-state index contributed by atoms with van der Waals surface area (Å²) in [6.07, 6.45) is 4.08. The highest BCUT2D eigenvalue weighted by molar-refractivity contribution is 5.05. The lowest BCUT2D eigenvalue weighted by atomic mass is 10.2. The summed E-state index contributed by atoms with van der Waals surface area (Å²) in [6.45, 7) is 1.80. The molecule has 1 aliphatic rings. The van der Waals surface area contributed by atoms with Crippen LogP contribution in [0, 0.1) is 0 Å². The van der Waals surface area contributed by atoms with E-state index in [2.05, 4.69) is 15.5 Å². The first kappa shape index (κ1) is 8.44. The molecule has 1 aromatic rings. The van der Waals surface area contributed by atoms with Gasteiger partial charge in [-0.15, -0.1) is 5.10 Å². The molecule has 4 nitrogen and oxygen atoms in total. The van der Waals surface area contributed by atoms with Gasteiger partial charge in [-0.25, -0.2) is 0 Å². The summed E-state index contributed by atoms with van der Waals surface area (Å²) < 4.78 is 5.45. The molecule has 4 heteroatoms. The van der Waals surface area contributed by atoms with Gasteiger partial charge in [0.1, 0.15) is 6.61 Å². The Bertz CT molecular complexity index is 246. The summed E-state index contributed by atoms with van der Waals surface area (Å²) in [5, 5.41) is 10.9. The summed E-state index contributed by atoms with van der Waals surface area (Å²) in [5.74, 6) is 0.608. The first-order valence-corrected chi connectivity index (χ1v) is 4.59. The van der Waals surface area contributed by atoms with E-state index in [1.807, 2.05) is 12.1 Å². The van der Waals surface area contributed by atoms with E-state index in [0.29, 0.717) is 18.5 Å². The highest BCUT2D eigenvalue weighted by atomic mass is 16.5. The quantitative estimate of drug-likeness (QED) is 0.738. The summed E-state index contributed by atoms with van der Waals surface area (Å²) in [6, 6.07) is 4.13. The second-order valence-corrected chi connectivity index (χ2v) is 3.17. The van der Waals surface area contributed by atoms with Gasteiger partial charge in [-0.2, -0.15) is 5.10 Å². The summed E-state index contributed by atoms with van der Waals surface area (Å²) in [5.41, 5.74) is 0. The average Bonchev–Trinajstić information content (AvgIpc) is 2.69. The van der Waals surface area contributed by atoms with Crippen LogP contribution in [-0.4, -0.2) is 29.4 Å². The molecule has 0 amide bonds. The molecule has 70 valence electrons. The molecule has 1 N–H and O–H groups in total. The molecule has 0 bridgehead atoms. The third-order valence-corrected chi connectivity index (χ3v) is 2.14. The van der Waals surface area contributed by atoms with Crippen LogP contribution >= 0.6 is 0 Å². The van der Waals surface area contributed by atoms with Crippen molar-refractivity contribution in [3.05, 3.63) is 18.3 Å². The van der Waals surface area contributed by atoms with Crippen molar-refractivity contribution in [1.82, 2.24) is 15.5 Å². The molecule has 0 aromatic carbocycles. The number of aromatic nitrogens is 2. The summed E-state index contributed by atoms with van der Waals surface area (Å²) in [4.78, 5) is 0. The topological polar surface area (TPSA) is 47.0 Å². The Kier molecular flexibility index (Phi) is 2.72. The predicted octanol–water partition coefficient (Wildman–Crippen LogP) is 0.607. The van der Waals surface area contributed by atoms with Crippen molar-refractivity contribution >= 4 is 0 Å². The highest BCUT2D eigenvalue weighted by Gasteiger charge is 2.14. The zero-order valence-electron chi connectivity index (χ0n) is 7.44. The Labute approximate surface area is 77.3 Å². The molecule has 0 radical (unpaired) electrons. The zero-order chi connectivity index (χ0) is 8.93. The minimum atomic E-state index is 0.488. The molecular formula is C9H13N3O. The number of rotatable bonds is 3. The van der Waals surface area contributed by atoms with Crippen molar-refractivity contribution in [2.45, 2.75) is 18.9 Å². The van der Waals surface area contributed by atoms with Crippen LogP contribution in [0.25, 0.3) is 0 Å². The molecule has 2 rings (SSSR count). The Hall–Kier alpha value is -1.16. The number of hydrogen-bond donors (Lipinski definition) is 1. The third kappa shape index (κ3) is 2.39. The van der Waals surface area contributed by atoms with Crippen LogP contribution in [-0.2, 0) is 0 Å². The van der Waals surface area contributed by atoms with E-state index < -0.39 is 0 Å². The van der Waals surface area contributed by atoms with Gasteiger partial charge in [-0.3, -0.25) is 0 Å². The predicted molar refractivity (Wildman–Crippen MR) is 48.6 cm³/mol. The molecule has 1 saturated heterocycles. The fourth-order valence-corrected chi connectivity index (χ4v) is 1.45. The Morgan fingerprint density at radius 3 is 3.31 bits per heavy atom. The third-order valence-electron chi connectivity index (χ3n) is 2.14. The lowest BCUT2D eigenvalue weighted by Crippen LogP contribution is -2.28. The van der Waals surface area contributed by atoms with Gasteiger partial charge >= 0.3 is 0 Å². The minimum Gasteiger partial charge on any atom is -0.475 e. The SMILES string of the molecule is c1cnnc(OCC2CCCN2)c1. The summed E-state index contributed by atoms with van der Waals surface area (Å²) in [7, 11) is 0. The standard InChI is InChI=1S/C9H13N3O/c1-3-8(10-5-1)7-13-9-4-2-6-11-12-9/h2,4,6,8,10H,1,3,5,7H2. The van der Waals surface area contributed by atoms with Crippen molar-refractivity contribution in [2.24, 2.45) is 0 Å². The normalized spacial score (nSPS) is 21.7. The minimum absolute atomic E-state index is 0.488. The first-order chi connectivity index (χ1) is 6.45. The molecule has 1 fully saturated rings. The Balaban J connectivity index is 1.79. The van der Waals surface area contributed by atoms with Crippen LogP contribution in [0.2, 0.25) is 0 Å². The average molecular weight is 179 g/mol. The Morgan fingerprint density at radius 2 is 2.62 bits per heavy atom. The van der Waals surface area contributed by atoms with E-state index in [1.54, 1.807) is 6.20 Å². The second-order valence-electron chi connectivity index (χ2n) is 3.17. The van der Waals surface area contributed by atoms with Gasteiger partial charge in [0.25, 0.3) is 0 Å². The molecular weight excluding hydrogens is 166 g/mol. The maximum atomic E-state index is 5.45. The molecule has 1 atom stereocenters. The molecule has 0 saturated carbocycles. The zero-order valence-corrected chi connectivity index (χ0v) is 7.44. The van der Waals surface area contributed by atoms with Crippen LogP contribution in [0.4, 0.5) is 0 Å². The molecule has 13 heavy (non-hydrogen) atoms. The van der Waals surface area contributed by atoms with Gasteiger partial charge in [0.15, 0.2) is 0 Å². The molecule has 1 unspecified atom stereocenters. The number of nitrogens with zero attached hydrogens (tertiary/aromatic N) is 2. The van der Waals surface area contributed by atoms with Gasteiger partial charge in [-0.05, 0) is 25.5 Å². The lowest BCUT2D eigenvalue weighted by molar-refractivity contribution is 0.265. The highest BCUT2D eigenvalue weighted by Crippen LogP contribution is 2.07. The van der Waals surface area contributed by atoms with Gasteiger partial charge in [0, 0.05) is 18.3 Å². The lowest BCUT2D eigenvalue weighted by Gasteiger charge is -2.10. The van der Waals surface area contributed by atoms with Crippen molar-refractivity contribution in [1.29, 1.82) is 0 Å². The largest absolute Gasteiger partial charge is 0.475 e. The first-order valence-electron chi connectivity index (χ1n) is 4.59. The smallest absolute Gasteiger partial charge is 0.233 e. The fraction of sp³-hybridized carbons (Fsp3) is 0.556. The molecule has 1 aliphatic heterocycles. The van der Waals surface area contributed by atoms with Gasteiger partial charge in [-0.1, -0.05) is 0 Å². The van der Waals surface area contributed by atoms with E-state index in [-0.39, 0.29) is 0 Å². The second kappa shape index (κ2) is 4.18. The van der Waals surface area contributed by atoms with E-state index in [9.17, 15) is 0 Å². The van der Waals surface area contributed by atoms with Crippen LogP contribution in [0.3, 0.4) is 0 Å². The Morgan fingerprint density at radius 1 is 1.62 bits per heavy atom. The number of hydrogen-bond acceptors (Lipinski definition) is 4. The maximum Gasteiger partial charge on any atom is 0.233 e. The van der Waals surface area contributed by atoms with E-state index in [4.69, 9.17) is 4.74 Å². The monoisotopic (exact) mass is 179 g/mol. The van der Waals surface area contributed by atoms with Crippen LogP contribution in [0.1, 0.15) is 12.8 Å². The van der Waals surface area contributed by atoms with Gasteiger partial charge in [0.2, 0.25) is 5.88 Å². The van der Waals surface area contributed by atoms with Crippen molar-refractivity contribution in [3.63, 3.8) is 0 Å². The number of nitrogens with one attached hydrogen (secondary N) is 1.